The van der Waals surface area contributed by atoms with Gasteiger partial charge in [-0.15, -0.1) is 0 Å². The Bertz CT molecular complexity index is 820. The first-order valence-electron chi connectivity index (χ1n) is 9.25. The van der Waals surface area contributed by atoms with Crippen molar-refractivity contribution in [3.05, 3.63) is 59.7 Å². The minimum atomic E-state index is -0.376. The van der Waals surface area contributed by atoms with Crippen molar-refractivity contribution in [1.29, 1.82) is 0 Å². The predicted octanol–water partition coefficient (Wildman–Crippen LogP) is 2.27. The van der Waals surface area contributed by atoms with E-state index in [0.29, 0.717) is 17.1 Å². The molecular weight excluding hydrogens is 358 g/mol. The Balaban J connectivity index is 1.73. The second-order valence-electron chi connectivity index (χ2n) is 6.81. The van der Waals surface area contributed by atoms with Crippen LogP contribution in [-0.2, 0) is 4.79 Å². The van der Waals surface area contributed by atoms with Crippen LogP contribution in [0.3, 0.4) is 0 Å². The molecule has 0 saturated carbocycles. The molecule has 0 spiro atoms. The van der Waals surface area contributed by atoms with Crippen LogP contribution in [0.5, 0.6) is 5.75 Å². The zero-order chi connectivity index (χ0) is 19.9. The Morgan fingerprint density at radius 2 is 1.89 bits per heavy atom. The molecule has 1 fully saturated rings. The standard InChI is InChI=1S/C21H25N3O4/c1-24-11-9-16(10-12-24)22-21(26)19(14-18-4-3-13-28-18)23-20(25)15-5-7-17(27-2)8-6-15/h3-8,13-14,16H,9-12H2,1-2H3,(H,22,26)(H,23,25)/b19-14-. The molecule has 1 aromatic carbocycles. The van der Waals surface area contributed by atoms with E-state index in [9.17, 15) is 9.59 Å². The van der Waals surface area contributed by atoms with Crippen molar-refractivity contribution in [1.82, 2.24) is 15.5 Å². The number of nitrogens with zero attached hydrogens (tertiary/aromatic N) is 1. The molecule has 7 heteroatoms. The zero-order valence-electron chi connectivity index (χ0n) is 16.1. The number of carbonyl (C=O) groups is 2. The summed E-state index contributed by atoms with van der Waals surface area (Å²) >= 11 is 0. The fraction of sp³-hybridized carbons (Fsp3) is 0.333. The van der Waals surface area contributed by atoms with Gasteiger partial charge in [-0.2, -0.15) is 0 Å². The van der Waals surface area contributed by atoms with E-state index in [4.69, 9.17) is 9.15 Å². The normalized spacial score (nSPS) is 15.9. The number of likely N-dealkylation sites (tertiary alicyclic amines) is 1. The molecule has 0 atom stereocenters. The number of methoxy groups -OCH3 is 1. The molecule has 28 heavy (non-hydrogen) atoms. The summed E-state index contributed by atoms with van der Waals surface area (Å²) in [5.74, 6) is 0.443. The predicted molar refractivity (Wildman–Crippen MR) is 106 cm³/mol. The van der Waals surface area contributed by atoms with E-state index in [0.717, 1.165) is 25.9 Å². The first kappa shape index (κ1) is 19.7. The van der Waals surface area contributed by atoms with Gasteiger partial charge in [-0.25, -0.2) is 0 Å². The molecule has 0 bridgehead atoms. The van der Waals surface area contributed by atoms with E-state index in [-0.39, 0.29) is 23.6 Å². The van der Waals surface area contributed by atoms with Crippen LogP contribution in [0.25, 0.3) is 6.08 Å². The molecule has 1 saturated heterocycles. The van der Waals surface area contributed by atoms with Crippen molar-refractivity contribution in [3.8, 4) is 5.75 Å². The first-order valence-corrected chi connectivity index (χ1v) is 9.25. The third kappa shape index (κ3) is 5.23. The van der Waals surface area contributed by atoms with E-state index >= 15 is 0 Å². The van der Waals surface area contributed by atoms with Gasteiger partial charge in [-0.1, -0.05) is 0 Å². The number of rotatable bonds is 6. The highest BCUT2D eigenvalue weighted by Gasteiger charge is 2.22. The van der Waals surface area contributed by atoms with Crippen LogP contribution in [0.1, 0.15) is 29.0 Å². The SMILES string of the molecule is COc1ccc(C(=O)N/C(=C\c2ccco2)C(=O)NC2CCN(C)CC2)cc1. The number of hydrogen-bond donors (Lipinski definition) is 2. The van der Waals surface area contributed by atoms with Crippen LogP contribution in [0.2, 0.25) is 0 Å². The zero-order valence-corrected chi connectivity index (χ0v) is 16.1. The molecule has 7 nitrogen and oxygen atoms in total. The molecule has 148 valence electrons. The number of carbonyl (C=O) groups excluding carboxylic acids is 2. The first-order chi connectivity index (χ1) is 13.5. The summed E-state index contributed by atoms with van der Waals surface area (Å²) in [4.78, 5) is 27.7. The summed E-state index contributed by atoms with van der Waals surface area (Å²) in [7, 11) is 3.63. The molecule has 2 N–H and O–H groups in total. The molecule has 1 aromatic heterocycles. The van der Waals surface area contributed by atoms with Gasteiger partial charge >= 0.3 is 0 Å². The number of benzene rings is 1. The van der Waals surface area contributed by atoms with Gasteiger partial charge in [0, 0.05) is 17.7 Å². The van der Waals surface area contributed by atoms with Crippen LogP contribution in [0.4, 0.5) is 0 Å². The van der Waals surface area contributed by atoms with Crippen molar-refractivity contribution in [2.45, 2.75) is 18.9 Å². The highest BCUT2D eigenvalue weighted by molar-refractivity contribution is 6.05. The van der Waals surface area contributed by atoms with Crippen LogP contribution in [-0.4, -0.2) is 50.0 Å². The van der Waals surface area contributed by atoms with Crippen LogP contribution >= 0.6 is 0 Å². The fourth-order valence-electron chi connectivity index (χ4n) is 3.03. The van der Waals surface area contributed by atoms with Crippen molar-refractivity contribution in [3.63, 3.8) is 0 Å². The maximum atomic E-state index is 12.8. The van der Waals surface area contributed by atoms with E-state index in [1.54, 1.807) is 43.5 Å². The van der Waals surface area contributed by atoms with Crippen molar-refractivity contribution in [2.75, 3.05) is 27.2 Å². The number of amides is 2. The Morgan fingerprint density at radius 1 is 1.18 bits per heavy atom. The Kier molecular flexibility index (Phi) is 6.49. The van der Waals surface area contributed by atoms with Gasteiger partial charge in [0.2, 0.25) is 0 Å². The van der Waals surface area contributed by atoms with Gasteiger partial charge in [0.15, 0.2) is 0 Å². The summed E-state index contributed by atoms with van der Waals surface area (Å²) in [5.41, 5.74) is 0.577. The molecule has 0 radical (unpaired) electrons. The summed E-state index contributed by atoms with van der Waals surface area (Å²) in [6.07, 6.45) is 4.81. The van der Waals surface area contributed by atoms with E-state index in [2.05, 4.69) is 22.6 Å². The summed E-state index contributed by atoms with van der Waals surface area (Å²) in [6, 6.07) is 10.2. The summed E-state index contributed by atoms with van der Waals surface area (Å²) in [5, 5.41) is 5.72. The molecule has 1 aliphatic heterocycles. The molecular formula is C21H25N3O4. The monoisotopic (exact) mass is 383 g/mol. The van der Waals surface area contributed by atoms with Gasteiger partial charge in [0.1, 0.15) is 17.2 Å². The smallest absolute Gasteiger partial charge is 0.268 e. The van der Waals surface area contributed by atoms with Gasteiger partial charge < -0.3 is 24.7 Å². The number of nitrogens with one attached hydrogen (secondary N) is 2. The lowest BCUT2D eigenvalue weighted by Gasteiger charge is -2.29. The molecule has 2 heterocycles. The number of piperidine rings is 1. The van der Waals surface area contributed by atoms with Gasteiger partial charge in [-0.05, 0) is 69.4 Å². The molecule has 0 aliphatic carbocycles. The highest BCUT2D eigenvalue weighted by Crippen LogP contribution is 2.14. The lowest BCUT2D eigenvalue weighted by atomic mass is 10.1. The third-order valence-corrected chi connectivity index (χ3v) is 4.73. The van der Waals surface area contributed by atoms with Crippen molar-refractivity contribution in [2.24, 2.45) is 0 Å². The quantitative estimate of drug-likeness (QED) is 0.748. The van der Waals surface area contributed by atoms with Crippen LogP contribution in [0, 0.1) is 0 Å². The maximum Gasteiger partial charge on any atom is 0.268 e. The number of furan rings is 1. The highest BCUT2D eigenvalue weighted by atomic mass is 16.5. The van der Waals surface area contributed by atoms with Gasteiger partial charge in [-0.3, -0.25) is 9.59 Å². The van der Waals surface area contributed by atoms with E-state index < -0.39 is 0 Å². The fourth-order valence-corrected chi connectivity index (χ4v) is 3.03. The van der Waals surface area contributed by atoms with Crippen molar-refractivity contribution >= 4 is 17.9 Å². The van der Waals surface area contributed by atoms with Gasteiger partial charge in [0.05, 0.1) is 13.4 Å². The third-order valence-electron chi connectivity index (χ3n) is 4.73. The molecule has 1 aliphatic rings. The van der Waals surface area contributed by atoms with Crippen LogP contribution in [0.15, 0.2) is 52.8 Å². The van der Waals surface area contributed by atoms with E-state index in [1.807, 2.05) is 0 Å². The average Bonchev–Trinajstić information content (AvgIpc) is 3.22. The lowest BCUT2D eigenvalue weighted by molar-refractivity contribution is -0.118. The Labute approximate surface area is 164 Å². The maximum absolute atomic E-state index is 12.8. The van der Waals surface area contributed by atoms with E-state index in [1.165, 1.54) is 12.3 Å². The molecule has 0 unspecified atom stereocenters. The largest absolute Gasteiger partial charge is 0.497 e. The second-order valence-corrected chi connectivity index (χ2v) is 6.81. The molecule has 2 amide bonds. The lowest BCUT2D eigenvalue weighted by Crippen LogP contribution is -2.45. The molecule has 3 rings (SSSR count). The average molecular weight is 383 g/mol. The van der Waals surface area contributed by atoms with Gasteiger partial charge in [0.25, 0.3) is 11.8 Å². The number of hydrogen-bond acceptors (Lipinski definition) is 5. The number of ether oxygens (including phenoxy) is 1. The summed E-state index contributed by atoms with van der Waals surface area (Å²) in [6.45, 7) is 1.86. The minimum absolute atomic E-state index is 0.0848. The second kappa shape index (κ2) is 9.23. The Hall–Kier alpha value is -3.06. The summed E-state index contributed by atoms with van der Waals surface area (Å²) < 4.78 is 10.4. The molecule has 2 aromatic rings. The van der Waals surface area contributed by atoms with Crippen molar-refractivity contribution < 1.29 is 18.7 Å². The minimum Gasteiger partial charge on any atom is -0.497 e. The topological polar surface area (TPSA) is 83.8 Å². The van der Waals surface area contributed by atoms with Crippen LogP contribution < -0.4 is 15.4 Å². The Morgan fingerprint density at radius 3 is 2.50 bits per heavy atom.